The van der Waals surface area contributed by atoms with Gasteiger partial charge in [-0.3, -0.25) is 0 Å². The van der Waals surface area contributed by atoms with Gasteiger partial charge in [-0.2, -0.15) is 5.10 Å². The Balaban J connectivity index is 2.78. The summed E-state index contributed by atoms with van der Waals surface area (Å²) < 4.78 is 4.85. The summed E-state index contributed by atoms with van der Waals surface area (Å²) in [6, 6.07) is 1.78. The second kappa shape index (κ2) is 3.56. The first kappa shape index (κ1) is 8.32. The monoisotopic (exact) mass is 166 g/mol. The van der Waals surface area contributed by atoms with E-state index in [-0.39, 0.29) is 5.96 Å². The maximum atomic E-state index is 5.09. The second-order valence-corrected chi connectivity index (χ2v) is 2.22. The number of nitrogens with two attached hydrogens (primary N) is 2. The third kappa shape index (κ3) is 2.12. The van der Waals surface area contributed by atoms with Crippen molar-refractivity contribution in [3.8, 4) is 0 Å². The van der Waals surface area contributed by atoms with E-state index in [0.717, 1.165) is 5.56 Å². The third-order valence-corrected chi connectivity index (χ3v) is 1.25. The molecule has 0 fully saturated rings. The number of furan rings is 1. The van der Waals surface area contributed by atoms with Crippen molar-refractivity contribution in [1.29, 1.82) is 0 Å². The first-order valence-electron chi connectivity index (χ1n) is 3.36. The highest BCUT2D eigenvalue weighted by molar-refractivity contribution is 5.98. The summed E-state index contributed by atoms with van der Waals surface area (Å²) in [4.78, 5) is 0. The lowest BCUT2D eigenvalue weighted by Crippen LogP contribution is -2.22. The van der Waals surface area contributed by atoms with E-state index in [4.69, 9.17) is 15.9 Å². The van der Waals surface area contributed by atoms with Crippen LogP contribution in [0, 0.1) is 0 Å². The van der Waals surface area contributed by atoms with Crippen LogP contribution in [0.2, 0.25) is 0 Å². The van der Waals surface area contributed by atoms with E-state index in [9.17, 15) is 0 Å². The van der Waals surface area contributed by atoms with E-state index in [1.807, 2.05) is 0 Å². The molecule has 5 heteroatoms. The van der Waals surface area contributed by atoms with Crippen LogP contribution in [0.15, 0.2) is 33.2 Å². The highest BCUT2D eigenvalue weighted by atomic mass is 16.3. The number of rotatable bonds is 2. The lowest BCUT2D eigenvalue weighted by Gasteiger charge is -1.90. The van der Waals surface area contributed by atoms with Crippen molar-refractivity contribution in [1.82, 2.24) is 0 Å². The Morgan fingerprint density at radius 3 is 2.67 bits per heavy atom. The molecule has 0 aromatic carbocycles. The molecule has 1 rings (SSSR count). The van der Waals surface area contributed by atoms with Gasteiger partial charge in [-0.15, -0.1) is 5.10 Å². The number of guanidine groups is 1. The Bertz CT molecular complexity index is 295. The topological polar surface area (TPSA) is 89.9 Å². The first-order valence-corrected chi connectivity index (χ1v) is 3.36. The van der Waals surface area contributed by atoms with Gasteiger partial charge < -0.3 is 15.9 Å². The van der Waals surface area contributed by atoms with E-state index < -0.39 is 0 Å². The number of hydrogen-bond donors (Lipinski definition) is 2. The molecule has 0 aliphatic heterocycles. The minimum atomic E-state index is -0.0576. The molecular formula is C7H10N4O. The minimum Gasteiger partial charge on any atom is -0.472 e. The molecule has 1 aromatic rings. The van der Waals surface area contributed by atoms with Crippen LogP contribution in [0.1, 0.15) is 12.5 Å². The maximum absolute atomic E-state index is 5.09. The van der Waals surface area contributed by atoms with Crippen LogP contribution in [0.4, 0.5) is 0 Å². The molecule has 12 heavy (non-hydrogen) atoms. The molecule has 4 N–H and O–H groups in total. The SMILES string of the molecule is CC(=NN=C(N)N)c1ccoc1. The van der Waals surface area contributed by atoms with Crippen molar-refractivity contribution < 1.29 is 4.42 Å². The molecule has 0 spiro atoms. The van der Waals surface area contributed by atoms with Gasteiger partial charge in [-0.05, 0) is 13.0 Å². The van der Waals surface area contributed by atoms with Gasteiger partial charge in [-0.1, -0.05) is 0 Å². The van der Waals surface area contributed by atoms with Crippen LogP contribution < -0.4 is 11.5 Å². The maximum Gasteiger partial charge on any atom is 0.211 e. The summed E-state index contributed by atoms with van der Waals surface area (Å²) in [6.07, 6.45) is 3.13. The number of nitrogens with zero attached hydrogens (tertiary/aromatic N) is 2. The third-order valence-electron chi connectivity index (χ3n) is 1.25. The van der Waals surface area contributed by atoms with E-state index in [0.29, 0.717) is 5.71 Å². The summed E-state index contributed by atoms with van der Waals surface area (Å²) in [7, 11) is 0. The van der Waals surface area contributed by atoms with Crippen LogP contribution in [-0.2, 0) is 0 Å². The van der Waals surface area contributed by atoms with Gasteiger partial charge in [0.2, 0.25) is 5.96 Å². The van der Waals surface area contributed by atoms with E-state index in [2.05, 4.69) is 10.2 Å². The minimum absolute atomic E-state index is 0.0576. The van der Waals surface area contributed by atoms with Gasteiger partial charge >= 0.3 is 0 Å². The Kier molecular flexibility index (Phi) is 2.47. The fraction of sp³-hybridized carbons (Fsp3) is 0.143. The quantitative estimate of drug-likeness (QED) is 0.375. The Morgan fingerprint density at radius 1 is 1.42 bits per heavy atom. The molecule has 0 saturated carbocycles. The van der Waals surface area contributed by atoms with Gasteiger partial charge in [0.25, 0.3) is 0 Å². The van der Waals surface area contributed by atoms with Crippen molar-refractivity contribution >= 4 is 11.7 Å². The van der Waals surface area contributed by atoms with Crippen molar-refractivity contribution in [2.75, 3.05) is 0 Å². The summed E-state index contributed by atoms with van der Waals surface area (Å²) in [5, 5.41) is 7.26. The predicted molar refractivity (Wildman–Crippen MR) is 46.7 cm³/mol. The van der Waals surface area contributed by atoms with Gasteiger partial charge in [0, 0.05) is 5.56 Å². The van der Waals surface area contributed by atoms with E-state index >= 15 is 0 Å². The molecule has 0 aliphatic carbocycles. The average molecular weight is 166 g/mol. The van der Waals surface area contributed by atoms with Gasteiger partial charge in [0.05, 0.1) is 18.2 Å². The number of hydrogen-bond acceptors (Lipinski definition) is 3. The van der Waals surface area contributed by atoms with Gasteiger partial charge in [0.1, 0.15) is 0 Å². The molecule has 0 amide bonds. The predicted octanol–water partition coefficient (Wildman–Crippen LogP) is 0.277. The lowest BCUT2D eigenvalue weighted by molar-refractivity contribution is 0.567. The molecule has 0 bridgehead atoms. The standard InChI is InChI=1S/C7H10N4O/c1-5(10-11-7(8)9)6-2-3-12-4-6/h2-4H,1H3,(H4,8,9,11). The normalized spacial score (nSPS) is 11.2. The zero-order chi connectivity index (χ0) is 8.97. The van der Waals surface area contributed by atoms with E-state index in [1.54, 1.807) is 25.5 Å². The van der Waals surface area contributed by atoms with E-state index in [1.165, 1.54) is 0 Å². The summed E-state index contributed by atoms with van der Waals surface area (Å²) in [5.41, 5.74) is 11.7. The van der Waals surface area contributed by atoms with Crippen LogP contribution >= 0.6 is 0 Å². The van der Waals surface area contributed by atoms with Crippen molar-refractivity contribution in [2.24, 2.45) is 21.7 Å². The van der Waals surface area contributed by atoms with Crippen LogP contribution in [0.5, 0.6) is 0 Å². The second-order valence-electron chi connectivity index (χ2n) is 2.22. The summed E-state index contributed by atoms with van der Waals surface area (Å²) in [5.74, 6) is -0.0576. The zero-order valence-electron chi connectivity index (χ0n) is 6.69. The molecule has 0 saturated heterocycles. The van der Waals surface area contributed by atoms with Gasteiger partial charge in [0.15, 0.2) is 0 Å². The molecule has 1 heterocycles. The molecular weight excluding hydrogens is 156 g/mol. The molecule has 0 aliphatic rings. The fourth-order valence-electron chi connectivity index (χ4n) is 0.661. The van der Waals surface area contributed by atoms with Crippen molar-refractivity contribution in [3.63, 3.8) is 0 Å². The largest absolute Gasteiger partial charge is 0.472 e. The Hall–Kier alpha value is -1.78. The molecule has 1 aromatic heterocycles. The smallest absolute Gasteiger partial charge is 0.211 e. The Morgan fingerprint density at radius 2 is 2.17 bits per heavy atom. The highest BCUT2D eigenvalue weighted by Gasteiger charge is 1.96. The average Bonchev–Trinajstić information content (AvgIpc) is 2.51. The van der Waals surface area contributed by atoms with Crippen LogP contribution in [-0.4, -0.2) is 11.7 Å². The van der Waals surface area contributed by atoms with Crippen molar-refractivity contribution in [2.45, 2.75) is 6.92 Å². The molecule has 0 atom stereocenters. The summed E-state index contributed by atoms with van der Waals surface area (Å²) in [6.45, 7) is 1.79. The lowest BCUT2D eigenvalue weighted by atomic mass is 10.2. The van der Waals surface area contributed by atoms with Crippen molar-refractivity contribution in [3.05, 3.63) is 24.2 Å². The molecule has 5 nitrogen and oxygen atoms in total. The molecule has 0 radical (unpaired) electrons. The summed E-state index contributed by atoms with van der Waals surface area (Å²) >= 11 is 0. The highest BCUT2D eigenvalue weighted by Crippen LogP contribution is 2.01. The van der Waals surface area contributed by atoms with Gasteiger partial charge in [-0.25, -0.2) is 0 Å². The van der Waals surface area contributed by atoms with Crippen LogP contribution in [0.25, 0.3) is 0 Å². The Labute approximate surface area is 69.8 Å². The fourth-order valence-corrected chi connectivity index (χ4v) is 0.661. The molecule has 64 valence electrons. The van der Waals surface area contributed by atoms with Crippen LogP contribution in [0.3, 0.4) is 0 Å². The zero-order valence-corrected chi connectivity index (χ0v) is 6.69. The molecule has 0 unspecified atom stereocenters. The first-order chi connectivity index (χ1) is 5.70.